The fourth-order valence-corrected chi connectivity index (χ4v) is 3.19. The Labute approximate surface area is 209 Å². The molecule has 0 aromatic heterocycles. The van der Waals surface area contributed by atoms with Crippen molar-refractivity contribution in [2.24, 2.45) is 9.98 Å². The first-order valence-corrected chi connectivity index (χ1v) is 11.6. The van der Waals surface area contributed by atoms with Crippen LogP contribution in [0.25, 0.3) is 11.3 Å². The van der Waals surface area contributed by atoms with E-state index in [1.165, 1.54) is 18.2 Å². The first-order chi connectivity index (χ1) is 16.7. The van der Waals surface area contributed by atoms with Crippen LogP contribution in [0.5, 0.6) is 0 Å². The van der Waals surface area contributed by atoms with Crippen LogP contribution in [0.2, 0.25) is 0 Å². The second kappa shape index (κ2) is 17.1. The molecule has 0 radical (unpaired) electrons. The van der Waals surface area contributed by atoms with Gasteiger partial charge >= 0.3 is 6.43 Å². The number of carbonyl (C=O) groups is 1. The van der Waals surface area contributed by atoms with Gasteiger partial charge in [-0.2, -0.15) is 8.78 Å². The molecule has 1 aliphatic carbocycles. The molecule has 0 atom stereocenters. The molecule has 0 saturated carbocycles. The van der Waals surface area contributed by atoms with E-state index in [2.05, 4.69) is 29.9 Å². The number of aliphatic imine (C=N–C) groups is 2. The van der Waals surface area contributed by atoms with Gasteiger partial charge in [-0.05, 0) is 43.2 Å². The Hall–Kier alpha value is -3.41. The minimum atomic E-state index is -2.73. The number of ketones is 1. The Morgan fingerprint density at radius 2 is 1.63 bits per heavy atom. The highest BCUT2D eigenvalue weighted by Gasteiger charge is 2.21. The van der Waals surface area contributed by atoms with Crippen LogP contribution in [0.4, 0.5) is 8.78 Å². The molecule has 0 fully saturated rings. The SMILES string of the molecule is C=C(C)c1cccc2c1CCC2=O.C=C(OC(=NC)C(F)F)c1ccc(CC)cc1.C=NC.CC. The number of rotatable bonds is 5. The van der Waals surface area contributed by atoms with Gasteiger partial charge in [0.25, 0.3) is 5.90 Å². The molecule has 6 heteroatoms. The quantitative estimate of drug-likeness (QED) is 0.248. The van der Waals surface area contributed by atoms with E-state index in [4.69, 9.17) is 4.74 Å². The molecule has 35 heavy (non-hydrogen) atoms. The van der Waals surface area contributed by atoms with Gasteiger partial charge in [-0.1, -0.05) is 82.0 Å². The van der Waals surface area contributed by atoms with Crippen LogP contribution < -0.4 is 0 Å². The zero-order valence-corrected chi connectivity index (χ0v) is 21.8. The van der Waals surface area contributed by atoms with Crippen LogP contribution >= 0.6 is 0 Å². The number of halogens is 2. The van der Waals surface area contributed by atoms with Crippen molar-refractivity contribution >= 4 is 29.7 Å². The van der Waals surface area contributed by atoms with E-state index in [1.807, 2.05) is 58.0 Å². The van der Waals surface area contributed by atoms with Crippen molar-refractivity contribution in [1.82, 2.24) is 0 Å². The molecule has 4 nitrogen and oxygen atoms in total. The predicted molar refractivity (Wildman–Crippen MR) is 146 cm³/mol. The van der Waals surface area contributed by atoms with E-state index in [0.29, 0.717) is 12.0 Å². The maximum Gasteiger partial charge on any atom is 0.312 e. The minimum absolute atomic E-state index is 0.175. The molecule has 0 N–H and O–H groups in total. The van der Waals surface area contributed by atoms with Crippen LogP contribution in [-0.4, -0.2) is 38.9 Å². The summed E-state index contributed by atoms with van der Waals surface area (Å²) in [6, 6.07) is 13.3. The highest BCUT2D eigenvalue weighted by molar-refractivity contribution is 6.01. The molecule has 0 saturated heterocycles. The number of hydrogen-bond acceptors (Lipinski definition) is 4. The van der Waals surface area contributed by atoms with Crippen molar-refractivity contribution in [1.29, 1.82) is 0 Å². The minimum Gasteiger partial charge on any atom is -0.438 e. The molecule has 1 aliphatic rings. The summed E-state index contributed by atoms with van der Waals surface area (Å²) in [5.41, 5.74) is 6.14. The summed E-state index contributed by atoms with van der Waals surface area (Å²) in [4.78, 5) is 18.0. The monoisotopic (exact) mass is 484 g/mol. The van der Waals surface area contributed by atoms with Gasteiger partial charge in [0.15, 0.2) is 5.78 Å². The van der Waals surface area contributed by atoms with E-state index in [-0.39, 0.29) is 11.5 Å². The third-order valence-corrected chi connectivity index (χ3v) is 4.86. The van der Waals surface area contributed by atoms with Gasteiger partial charge in [-0.15, -0.1) is 0 Å². The normalized spacial score (nSPS) is 11.6. The number of ether oxygens (including phenoxy) is 1. The van der Waals surface area contributed by atoms with E-state index in [0.717, 1.165) is 29.5 Å². The number of nitrogens with zero attached hydrogens (tertiary/aromatic N) is 2. The fourth-order valence-electron chi connectivity index (χ4n) is 3.19. The van der Waals surface area contributed by atoms with Crippen molar-refractivity contribution in [2.75, 3.05) is 14.1 Å². The molecule has 0 amide bonds. The molecule has 2 aromatic rings. The lowest BCUT2D eigenvalue weighted by atomic mass is 9.99. The molecule has 190 valence electrons. The number of Topliss-reactive ketones (excluding diaryl/α,β-unsaturated/α-hetero) is 1. The third kappa shape index (κ3) is 10.2. The molecule has 0 heterocycles. The largest absolute Gasteiger partial charge is 0.438 e. The lowest BCUT2D eigenvalue weighted by Crippen LogP contribution is -2.13. The summed E-state index contributed by atoms with van der Waals surface area (Å²) in [6.07, 6.45) is -0.255. The Balaban J connectivity index is 0.000000569. The van der Waals surface area contributed by atoms with Crippen LogP contribution in [0.3, 0.4) is 0 Å². The van der Waals surface area contributed by atoms with E-state index < -0.39 is 12.3 Å². The number of alkyl halides is 2. The number of hydrogen-bond donors (Lipinski definition) is 0. The van der Waals surface area contributed by atoms with Gasteiger partial charge in [0.2, 0.25) is 0 Å². The van der Waals surface area contributed by atoms with Crippen molar-refractivity contribution in [2.45, 2.75) is 53.4 Å². The van der Waals surface area contributed by atoms with Gasteiger partial charge in [0, 0.05) is 31.6 Å². The average molecular weight is 485 g/mol. The van der Waals surface area contributed by atoms with Gasteiger partial charge < -0.3 is 9.73 Å². The average Bonchev–Trinajstić information content (AvgIpc) is 3.25. The molecule has 0 aliphatic heterocycles. The summed E-state index contributed by atoms with van der Waals surface area (Å²) >= 11 is 0. The van der Waals surface area contributed by atoms with E-state index in [9.17, 15) is 13.6 Å². The summed E-state index contributed by atoms with van der Waals surface area (Å²) in [7, 11) is 2.90. The predicted octanol–water partition coefficient (Wildman–Crippen LogP) is 7.72. The number of aryl methyl sites for hydroxylation is 1. The van der Waals surface area contributed by atoms with E-state index in [1.54, 1.807) is 19.2 Å². The smallest absolute Gasteiger partial charge is 0.312 e. The fraction of sp³-hybridized carbons (Fsp3) is 0.345. The number of carbonyl (C=O) groups excluding carboxylic acids is 1. The molecule has 0 bridgehead atoms. The maximum absolute atomic E-state index is 12.4. The van der Waals surface area contributed by atoms with Crippen molar-refractivity contribution < 1.29 is 18.3 Å². The van der Waals surface area contributed by atoms with Gasteiger partial charge in [0.1, 0.15) is 5.76 Å². The van der Waals surface area contributed by atoms with Gasteiger partial charge in [-0.25, -0.2) is 0 Å². The summed E-state index contributed by atoms with van der Waals surface area (Å²) in [6.45, 7) is 18.7. The molecule has 0 spiro atoms. The topological polar surface area (TPSA) is 51.0 Å². The van der Waals surface area contributed by atoms with Crippen molar-refractivity contribution in [3.8, 4) is 0 Å². The highest BCUT2D eigenvalue weighted by Crippen LogP contribution is 2.28. The number of fused-ring (bicyclic) bond motifs is 1. The molecule has 3 rings (SSSR count). The van der Waals surface area contributed by atoms with Crippen LogP contribution in [-0.2, 0) is 17.6 Å². The highest BCUT2D eigenvalue weighted by atomic mass is 19.3. The lowest BCUT2D eigenvalue weighted by molar-refractivity contribution is 0.0994. The molecule has 2 aromatic carbocycles. The lowest BCUT2D eigenvalue weighted by Gasteiger charge is -2.10. The standard InChI is InChI=1S/C13H15F2NO.C12H12O.C2H5N.C2H6/c1-4-10-5-7-11(8-6-10)9(2)17-13(16-3)12(14)15;1-8(2)9-4-3-5-11-10(9)6-7-12(11)13;1-3-2;1-2/h5-8,12H,2,4H2,1,3H3;3-5H,1,6-7H2,2H3;1H2,2H3;1-2H3. The van der Waals surface area contributed by atoms with Crippen molar-refractivity contribution in [3.05, 3.63) is 83.4 Å². The Bertz CT molecular complexity index is 1010. The molecular weight excluding hydrogens is 446 g/mol. The van der Waals surface area contributed by atoms with Gasteiger partial charge in [0.05, 0.1) is 0 Å². The maximum atomic E-state index is 12.4. The Kier molecular flexibility index (Phi) is 15.4. The second-order valence-electron chi connectivity index (χ2n) is 7.29. The van der Waals surface area contributed by atoms with Crippen LogP contribution in [0, 0.1) is 0 Å². The van der Waals surface area contributed by atoms with Crippen LogP contribution in [0.1, 0.15) is 66.7 Å². The molecule has 0 unspecified atom stereocenters. The number of benzene rings is 2. The van der Waals surface area contributed by atoms with Crippen LogP contribution in [0.15, 0.2) is 65.6 Å². The number of allylic oxidation sites excluding steroid dienone is 1. The zero-order valence-electron chi connectivity index (χ0n) is 21.8. The summed E-state index contributed by atoms with van der Waals surface area (Å²) < 4.78 is 29.7. The zero-order chi connectivity index (χ0) is 27.0. The third-order valence-electron chi connectivity index (χ3n) is 4.86. The van der Waals surface area contributed by atoms with E-state index >= 15 is 0 Å². The summed E-state index contributed by atoms with van der Waals surface area (Å²) in [5, 5.41) is 0. The van der Waals surface area contributed by atoms with Crippen molar-refractivity contribution in [3.63, 3.8) is 0 Å². The van der Waals surface area contributed by atoms with Gasteiger partial charge in [-0.3, -0.25) is 9.79 Å². The summed E-state index contributed by atoms with van der Waals surface area (Å²) in [5.74, 6) is -0.166. The second-order valence-corrected chi connectivity index (χ2v) is 7.29. The Morgan fingerprint density at radius 3 is 2.09 bits per heavy atom. The first-order valence-electron chi connectivity index (χ1n) is 11.6. The first kappa shape index (κ1) is 31.6. The molecular formula is C29H38F2N2O2. The Morgan fingerprint density at radius 1 is 1.06 bits per heavy atom.